The number of carbonyl (C=O) groups is 1. The van der Waals surface area contributed by atoms with Gasteiger partial charge in [-0.2, -0.15) is 5.26 Å². The monoisotopic (exact) mass is 426 g/mol. The zero-order valence-electron chi connectivity index (χ0n) is 18.2. The first-order valence-corrected chi connectivity index (χ1v) is 10.2. The SMILES string of the molecule is COc1ccccc1-c1cc(C#N)cc(OC2CCN(C(=O)OC(C)(C)C)CC2F)c1. The Morgan fingerprint density at radius 1 is 1.23 bits per heavy atom. The van der Waals surface area contributed by atoms with Crippen LogP contribution in [0.1, 0.15) is 32.8 Å². The van der Waals surface area contributed by atoms with Crippen LogP contribution in [-0.4, -0.2) is 49.1 Å². The third-order valence-corrected chi connectivity index (χ3v) is 4.87. The maximum absolute atomic E-state index is 14.8. The molecule has 31 heavy (non-hydrogen) atoms. The van der Waals surface area contributed by atoms with Crippen molar-refractivity contribution in [1.29, 1.82) is 5.26 Å². The van der Waals surface area contributed by atoms with E-state index < -0.39 is 24.0 Å². The Morgan fingerprint density at radius 2 is 1.97 bits per heavy atom. The Hall–Kier alpha value is -3.27. The summed E-state index contributed by atoms with van der Waals surface area (Å²) in [6, 6.07) is 14.7. The second-order valence-corrected chi connectivity index (χ2v) is 8.45. The molecular formula is C24H27FN2O4. The van der Waals surface area contributed by atoms with Crippen molar-refractivity contribution in [2.45, 2.75) is 45.1 Å². The van der Waals surface area contributed by atoms with Gasteiger partial charge in [-0.05, 0) is 50.6 Å². The van der Waals surface area contributed by atoms with Crippen molar-refractivity contribution in [3.8, 4) is 28.7 Å². The molecule has 6 nitrogen and oxygen atoms in total. The summed E-state index contributed by atoms with van der Waals surface area (Å²) in [6.07, 6.45) is -2.31. The molecule has 164 valence electrons. The van der Waals surface area contributed by atoms with Crippen molar-refractivity contribution in [1.82, 2.24) is 4.90 Å². The predicted molar refractivity (Wildman–Crippen MR) is 115 cm³/mol. The quantitative estimate of drug-likeness (QED) is 0.691. The van der Waals surface area contributed by atoms with Gasteiger partial charge in [0.1, 0.15) is 23.2 Å². The molecule has 1 fully saturated rings. The summed E-state index contributed by atoms with van der Waals surface area (Å²) >= 11 is 0. The third kappa shape index (κ3) is 5.66. The lowest BCUT2D eigenvalue weighted by Gasteiger charge is -2.35. The zero-order valence-corrected chi connectivity index (χ0v) is 18.2. The minimum atomic E-state index is -1.37. The molecule has 1 aliphatic heterocycles. The Bertz CT molecular complexity index is 980. The summed E-state index contributed by atoms with van der Waals surface area (Å²) in [5.41, 5.74) is 1.32. The van der Waals surface area contributed by atoms with E-state index in [1.165, 1.54) is 4.90 Å². The summed E-state index contributed by atoms with van der Waals surface area (Å²) < 4.78 is 31.5. The fourth-order valence-electron chi connectivity index (χ4n) is 3.45. The highest BCUT2D eigenvalue weighted by atomic mass is 19.1. The number of nitriles is 1. The van der Waals surface area contributed by atoms with E-state index >= 15 is 0 Å². The number of methoxy groups -OCH3 is 1. The molecule has 2 aromatic carbocycles. The molecule has 1 aliphatic rings. The van der Waals surface area contributed by atoms with Crippen molar-refractivity contribution in [2.24, 2.45) is 0 Å². The number of para-hydroxylation sites is 1. The number of alkyl halides is 1. The van der Waals surface area contributed by atoms with E-state index in [1.807, 2.05) is 24.3 Å². The van der Waals surface area contributed by atoms with Crippen molar-refractivity contribution in [2.75, 3.05) is 20.2 Å². The lowest BCUT2D eigenvalue weighted by Crippen LogP contribution is -2.50. The number of ether oxygens (including phenoxy) is 3. The molecule has 0 spiro atoms. The number of amides is 1. The number of carbonyl (C=O) groups excluding carboxylic acids is 1. The standard InChI is InChI=1S/C24H27FN2O4/c1-24(2,3)31-23(28)27-10-9-22(20(25)15-27)30-18-12-16(14-26)11-17(13-18)19-7-5-6-8-21(19)29-4/h5-8,11-13,20,22H,9-10,15H2,1-4H3. The summed E-state index contributed by atoms with van der Waals surface area (Å²) in [7, 11) is 1.58. The number of likely N-dealkylation sites (tertiary alicyclic amines) is 1. The van der Waals surface area contributed by atoms with Gasteiger partial charge in [0.25, 0.3) is 0 Å². The van der Waals surface area contributed by atoms with Crippen LogP contribution in [0.2, 0.25) is 0 Å². The molecule has 0 radical (unpaired) electrons. The van der Waals surface area contributed by atoms with Gasteiger partial charge in [0.15, 0.2) is 6.17 Å². The van der Waals surface area contributed by atoms with Gasteiger partial charge in [-0.25, -0.2) is 9.18 Å². The second kappa shape index (κ2) is 9.25. The molecule has 2 unspecified atom stereocenters. The number of halogens is 1. The van der Waals surface area contributed by atoms with Gasteiger partial charge in [0.05, 0.1) is 25.3 Å². The molecule has 1 saturated heterocycles. The molecule has 0 N–H and O–H groups in total. The van der Waals surface area contributed by atoms with Crippen LogP contribution in [0.5, 0.6) is 11.5 Å². The van der Waals surface area contributed by atoms with Crippen LogP contribution in [0, 0.1) is 11.3 Å². The number of hydrogen-bond donors (Lipinski definition) is 0. The summed E-state index contributed by atoms with van der Waals surface area (Å²) in [5.74, 6) is 1.07. The van der Waals surface area contributed by atoms with Gasteiger partial charge in [-0.15, -0.1) is 0 Å². The largest absolute Gasteiger partial charge is 0.496 e. The van der Waals surface area contributed by atoms with E-state index in [9.17, 15) is 14.4 Å². The molecule has 0 aromatic heterocycles. The van der Waals surface area contributed by atoms with E-state index in [1.54, 1.807) is 46.1 Å². The summed E-state index contributed by atoms with van der Waals surface area (Å²) in [4.78, 5) is 13.6. The van der Waals surface area contributed by atoms with Crippen molar-refractivity contribution in [3.05, 3.63) is 48.0 Å². The van der Waals surface area contributed by atoms with E-state index in [-0.39, 0.29) is 6.54 Å². The maximum atomic E-state index is 14.8. The molecule has 0 bridgehead atoms. The second-order valence-electron chi connectivity index (χ2n) is 8.45. The highest BCUT2D eigenvalue weighted by Gasteiger charge is 2.35. The van der Waals surface area contributed by atoms with Gasteiger partial charge < -0.3 is 19.1 Å². The highest BCUT2D eigenvalue weighted by Crippen LogP contribution is 2.34. The number of hydrogen-bond acceptors (Lipinski definition) is 5. The molecule has 3 rings (SSSR count). The molecule has 1 amide bonds. The van der Waals surface area contributed by atoms with Crippen LogP contribution in [0.25, 0.3) is 11.1 Å². The fourth-order valence-corrected chi connectivity index (χ4v) is 3.45. The maximum Gasteiger partial charge on any atom is 0.410 e. The molecule has 2 aromatic rings. The molecule has 2 atom stereocenters. The van der Waals surface area contributed by atoms with E-state index in [2.05, 4.69) is 6.07 Å². The Kier molecular flexibility index (Phi) is 6.69. The average molecular weight is 426 g/mol. The van der Waals surface area contributed by atoms with E-state index in [0.717, 1.165) is 11.1 Å². The van der Waals surface area contributed by atoms with Crippen LogP contribution in [0.3, 0.4) is 0 Å². The first kappa shape index (κ1) is 22.4. The van der Waals surface area contributed by atoms with Crippen LogP contribution in [0.4, 0.5) is 9.18 Å². The van der Waals surface area contributed by atoms with Crippen molar-refractivity contribution < 1.29 is 23.4 Å². The fraction of sp³-hybridized carbons (Fsp3) is 0.417. The zero-order chi connectivity index (χ0) is 22.6. The minimum Gasteiger partial charge on any atom is -0.496 e. The molecule has 0 saturated carbocycles. The Labute approximate surface area is 182 Å². The van der Waals surface area contributed by atoms with Crippen LogP contribution < -0.4 is 9.47 Å². The van der Waals surface area contributed by atoms with Crippen molar-refractivity contribution >= 4 is 6.09 Å². The van der Waals surface area contributed by atoms with Crippen LogP contribution >= 0.6 is 0 Å². The number of rotatable bonds is 4. The lowest BCUT2D eigenvalue weighted by atomic mass is 10.0. The molecule has 1 heterocycles. The van der Waals surface area contributed by atoms with Crippen LogP contribution in [-0.2, 0) is 4.74 Å². The van der Waals surface area contributed by atoms with E-state index in [0.29, 0.717) is 30.0 Å². The first-order chi connectivity index (χ1) is 14.7. The van der Waals surface area contributed by atoms with Crippen LogP contribution in [0.15, 0.2) is 42.5 Å². The van der Waals surface area contributed by atoms with Gasteiger partial charge in [-0.1, -0.05) is 18.2 Å². The van der Waals surface area contributed by atoms with Gasteiger partial charge in [0.2, 0.25) is 0 Å². The Balaban J connectivity index is 1.76. The topological polar surface area (TPSA) is 71.8 Å². The van der Waals surface area contributed by atoms with Gasteiger partial charge >= 0.3 is 6.09 Å². The number of benzene rings is 2. The summed E-state index contributed by atoms with van der Waals surface area (Å²) in [6.45, 7) is 5.55. The van der Waals surface area contributed by atoms with Gasteiger partial charge in [-0.3, -0.25) is 0 Å². The average Bonchev–Trinajstić information content (AvgIpc) is 2.73. The molecular weight excluding hydrogens is 399 g/mol. The molecule has 0 aliphatic carbocycles. The number of piperidine rings is 1. The summed E-state index contributed by atoms with van der Waals surface area (Å²) in [5, 5.41) is 9.44. The smallest absolute Gasteiger partial charge is 0.410 e. The molecule has 7 heteroatoms. The minimum absolute atomic E-state index is 0.100. The third-order valence-electron chi connectivity index (χ3n) is 4.87. The number of nitrogens with zero attached hydrogens (tertiary/aromatic N) is 2. The lowest BCUT2D eigenvalue weighted by molar-refractivity contribution is -0.0105. The Morgan fingerprint density at radius 3 is 2.61 bits per heavy atom. The van der Waals surface area contributed by atoms with Crippen molar-refractivity contribution in [3.63, 3.8) is 0 Å². The first-order valence-electron chi connectivity index (χ1n) is 10.2. The normalized spacial score (nSPS) is 18.8. The van der Waals surface area contributed by atoms with E-state index in [4.69, 9.17) is 14.2 Å². The predicted octanol–water partition coefficient (Wildman–Crippen LogP) is 4.96. The highest BCUT2D eigenvalue weighted by molar-refractivity contribution is 5.73. The van der Waals surface area contributed by atoms with Gasteiger partial charge in [0, 0.05) is 18.5 Å².